The van der Waals surface area contributed by atoms with Gasteiger partial charge in [-0.3, -0.25) is 4.79 Å². The largest absolute Gasteiger partial charge is 0.394 e. The maximum atomic E-state index is 11.9. The van der Waals surface area contributed by atoms with Gasteiger partial charge in [0.2, 0.25) is 5.91 Å². The summed E-state index contributed by atoms with van der Waals surface area (Å²) in [6, 6.07) is 18.4. The molecule has 1 fully saturated rings. The van der Waals surface area contributed by atoms with Crippen LogP contribution in [-0.4, -0.2) is 55.4 Å². The van der Waals surface area contributed by atoms with Crippen molar-refractivity contribution in [2.24, 2.45) is 0 Å². The van der Waals surface area contributed by atoms with Crippen molar-refractivity contribution in [3.63, 3.8) is 0 Å². The Bertz CT molecular complexity index is 806. The lowest BCUT2D eigenvalue weighted by molar-refractivity contribution is -0.282. The maximum Gasteiger partial charge on any atom is 0.217 e. The fraction of sp³-hybridized carbons (Fsp3) is 0.435. The van der Waals surface area contributed by atoms with Gasteiger partial charge in [-0.2, -0.15) is 0 Å². The van der Waals surface area contributed by atoms with Crippen molar-refractivity contribution >= 4 is 5.91 Å². The van der Waals surface area contributed by atoms with Crippen LogP contribution in [0, 0.1) is 0 Å². The zero-order valence-corrected chi connectivity index (χ0v) is 17.1. The van der Waals surface area contributed by atoms with Crippen LogP contribution in [0.5, 0.6) is 0 Å². The zero-order chi connectivity index (χ0) is 22.2. The van der Waals surface area contributed by atoms with Crippen LogP contribution in [0.4, 0.5) is 0 Å². The van der Waals surface area contributed by atoms with Crippen molar-refractivity contribution in [3.8, 4) is 0 Å². The van der Waals surface area contributed by atoms with Crippen LogP contribution in [0.25, 0.3) is 0 Å². The first-order valence-corrected chi connectivity index (χ1v) is 9.86. The van der Waals surface area contributed by atoms with E-state index in [1.54, 1.807) is 0 Å². The number of carbonyl (C=O) groups excluding carboxylic acids is 1. The molecule has 30 heavy (non-hydrogen) atoms. The minimum atomic E-state index is -1.58. The van der Waals surface area contributed by atoms with Crippen molar-refractivity contribution in [1.29, 1.82) is 0 Å². The molecule has 0 radical (unpaired) electrons. The molecule has 1 heterocycles. The monoisotopic (exact) mass is 416 g/mol. The number of carbonyl (C=O) groups is 1. The van der Waals surface area contributed by atoms with E-state index in [-0.39, 0.29) is 19.1 Å². The highest BCUT2D eigenvalue weighted by atomic mass is 16.7. The Morgan fingerprint density at radius 3 is 2.03 bits per heavy atom. The van der Waals surface area contributed by atoms with Crippen molar-refractivity contribution in [3.05, 3.63) is 71.8 Å². The number of ether oxygens (including phenoxy) is 4. The molecule has 2 aromatic rings. The summed E-state index contributed by atoms with van der Waals surface area (Å²) in [6.45, 7) is 0.295. The zero-order valence-electron chi connectivity index (χ0n) is 18.1. The molecule has 7 heteroatoms. The fourth-order valence-corrected chi connectivity index (χ4v) is 3.49. The van der Waals surface area contributed by atoms with Crippen LogP contribution in [0.3, 0.4) is 0 Å². The molecule has 1 aliphatic rings. The molecule has 0 spiro atoms. The predicted octanol–water partition coefficient (Wildman–Crippen LogP) is 2.03. The molecule has 0 aliphatic carbocycles. The second-order valence-corrected chi connectivity index (χ2v) is 7.10. The Hall–Kier alpha value is -2.29. The number of aliphatic hydroxyl groups is 1. The van der Waals surface area contributed by atoms with Crippen LogP contribution in [0.1, 0.15) is 19.4 Å². The van der Waals surface area contributed by atoms with Crippen molar-refractivity contribution in [1.82, 2.24) is 5.32 Å². The van der Waals surface area contributed by atoms with Crippen molar-refractivity contribution in [2.75, 3.05) is 13.7 Å². The van der Waals surface area contributed by atoms with E-state index in [4.69, 9.17) is 20.3 Å². The summed E-state index contributed by atoms with van der Waals surface area (Å²) >= 11 is 0. The average molecular weight is 416 g/mol. The van der Waals surface area contributed by atoms with Crippen molar-refractivity contribution < 1.29 is 30.2 Å². The molecule has 162 valence electrons. The van der Waals surface area contributed by atoms with Gasteiger partial charge in [-0.1, -0.05) is 60.7 Å². The van der Waals surface area contributed by atoms with Gasteiger partial charge < -0.3 is 29.4 Å². The first kappa shape index (κ1) is 21.0. The third-order valence-electron chi connectivity index (χ3n) is 4.91. The van der Waals surface area contributed by atoms with E-state index in [9.17, 15) is 9.90 Å². The molecule has 2 N–H and O–H groups in total. The number of rotatable bonds is 9. The summed E-state index contributed by atoms with van der Waals surface area (Å²) in [5.41, 5.74) is 1.86. The third kappa shape index (κ3) is 5.87. The third-order valence-corrected chi connectivity index (χ3v) is 4.91. The normalized spacial score (nSPS) is 27.8. The van der Waals surface area contributed by atoms with Crippen LogP contribution in [0.15, 0.2) is 60.7 Å². The lowest BCUT2D eigenvalue weighted by Crippen LogP contribution is -2.65. The van der Waals surface area contributed by atoms with Gasteiger partial charge in [-0.25, -0.2) is 0 Å². The van der Waals surface area contributed by atoms with E-state index in [1.165, 1.54) is 14.0 Å². The number of hydrogen-bond donors (Lipinski definition) is 2. The van der Waals surface area contributed by atoms with Gasteiger partial charge in [0, 0.05) is 14.0 Å². The Labute approximate surface area is 178 Å². The highest BCUT2D eigenvalue weighted by molar-refractivity contribution is 5.73. The molecule has 0 unspecified atom stereocenters. The standard InChI is InChI=1S/C23H29NO6/c1-16(26)24-20-22(29-15-18-11-7-4-8-12-18)21(19(13-25)30-23(20)27-2)28-14-17-9-5-3-6-10-17/h3-12,19-23,25H,13-15H2,1-2H3,(H,24,26)/t19-,20-,21-,22-,23-/m1/s1/i13D/t13-,19-,20-,21-,22-,23-. The van der Waals surface area contributed by atoms with Gasteiger partial charge in [0.1, 0.15) is 24.4 Å². The first-order chi connectivity index (χ1) is 15.0. The number of hydrogen-bond acceptors (Lipinski definition) is 6. The summed E-state index contributed by atoms with van der Waals surface area (Å²) in [7, 11) is 1.44. The van der Waals surface area contributed by atoms with Gasteiger partial charge in [0.05, 0.1) is 21.2 Å². The van der Waals surface area contributed by atoms with E-state index in [2.05, 4.69) is 5.32 Å². The lowest BCUT2D eigenvalue weighted by Gasteiger charge is -2.45. The second-order valence-electron chi connectivity index (χ2n) is 7.10. The van der Waals surface area contributed by atoms with Crippen LogP contribution >= 0.6 is 0 Å². The minimum absolute atomic E-state index is 0.230. The fourth-order valence-electron chi connectivity index (χ4n) is 3.49. The quantitative estimate of drug-likeness (QED) is 0.651. The molecule has 3 rings (SSSR count). The summed E-state index contributed by atoms with van der Waals surface area (Å²) in [5.74, 6) is -0.282. The molecule has 0 aromatic heterocycles. The van der Waals surface area contributed by atoms with E-state index >= 15 is 0 Å². The highest BCUT2D eigenvalue weighted by Crippen LogP contribution is 2.28. The first-order valence-electron chi connectivity index (χ1n) is 10.4. The summed E-state index contributed by atoms with van der Waals surface area (Å²) in [4.78, 5) is 11.9. The molecule has 2 aromatic carbocycles. The number of methoxy groups -OCH3 is 1. The molecule has 1 saturated heterocycles. The molecule has 1 aliphatic heterocycles. The van der Waals surface area contributed by atoms with Gasteiger partial charge in [0.25, 0.3) is 0 Å². The molecular weight excluding hydrogens is 386 g/mol. The second kappa shape index (κ2) is 11.2. The molecule has 0 saturated carbocycles. The van der Waals surface area contributed by atoms with Crippen LogP contribution in [-0.2, 0) is 37.0 Å². The SMILES string of the molecule is [2H][C@@H](O)[C@H]1O[C@@H](OC)[C@H](NC(C)=O)[C@@H](OCc2ccccc2)[C@@H]1OCc1ccccc1. The maximum absolute atomic E-state index is 11.9. The number of amides is 1. The van der Waals surface area contributed by atoms with E-state index in [0.717, 1.165) is 11.1 Å². The summed E-state index contributed by atoms with van der Waals surface area (Å²) in [5, 5.41) is 12.9. The van der Waals surface area contributed by atoms with Crippen molar-refractivity contribution in [2.45, 2.75) is 50.8 Å². The number of nitrogens with one attached hydrogen (secondary N) is 1. The smallest absolute Gasteiger partial charge is 0.217 e. The van der Waals surface area contributed by atoms with Gasteiger partial charge in [-0.05, 0) is 11.1 Å². The van der Waals surface area contributed by atoms with Gasteiger partial charge in [-0.15, -0.1) is 0 Å². The molecular formula is C23H29NO6. The molecule has 1 amide bonds. The number of benzene rings is 2. The Morgan fingerprint density at radius 1 is 1.03 bits per heavy atom. The van der Waals surface area contributed by atoms with Gasteiger partial charge >= 0.3 is 0 Å². The van der Waals surface area contributed by atoms with E-state index in [0.29, 0.717) is 0 Å². The highest BCUT2D eigenvalue weighted by Gasteiger charge is 2.48. The van der Waals surface area contributed by atoms with Crippen LogP contribution in [0.2, 0.25) is 0 Å². The van der Waals surface area contributed by atoms with Gasteiger partial charge in [0.15, 0.2) is 6.29 Å². The Kier molecular flexibility index (Phi) is 7.82. The Balaban J connectivity index is 1.87. The average Bonchev–Trinajstić information content (AvgIpc) is 2.77. The van der Waals surface area contributed by atoms with Crippen LogP contribution < -0.4 is 5.32 Å². The lowest BCUT2D eigenvalue weighted by atomic mass is 9.96. The minimum Gasteiger partial charge on any atom is -0.394 e. The predicted molar refractivity (Wildman–Crippen MR) is 110 cm³/mol. The topological polar surface area (TPSA) is 86.2 Å². The Morgan fingerprint density at radius 2 is 1.57 bits per heavy atom. The molecule has 0 bridgehead atoms. The number of aliphatic hydroxyl groups excluding tert-OH is 1. The summed E-state index contributed by atoms with van der Waals surface area (Å²) < 4.78 is 31.4. The molecule has 7 nitrogen and oxygen atoms in total. The summed E-state index contributed by atoms with van der Waals surface area (Å²) in [6.07, 6.45) is -3.48. The molecule has 6 atom stereocenters. The van der Waals surface area contributed by atoms with E-state index in [1.807, 2.05) is 60.7 Å². The van der Waals surface area contributed by atoms with E-state index < -0.39 is 37.2 Å².